The lowest BCUT2D eigenvalue weighted by molar-refractivity contribution is -0.121. The zero-order valence-corrected chi connectivity index (χ0v) is 15.6. The summed E-state index contributed by atoms with van der Waals surface area (Å²) < 4.78 is 51.1. The van der Waals surface area contributed by atoms with Crippen LogP contribution < -0.4 is 5.32 Å². The molecule has 8 heteroatoms. The minimum Gasteiger partial charge on any atom is -0.350 e. The third kappa shape index (κ3) is 4.00. The molecule has 1 aromatic carbocycles. The van der Waals surface area contributed by atoms with Crippen molar-refractivity contribution in [2.24, 2.45) is 0 Å². The summed E-state index contributed by atoms with van der Waals surface area (Å²) in [5, 5.41) is 0.962. The third-order valence-electron chi connectivity index (χ3n) is 4.78. The number of likely N-dealkylation sites (tertiary alicyclic amines) is 1. The number of nitrogens with zero attached hydrogens (tertiary/aromatic N) is 1. The first-order valence-corrected chi connectivity index (χ1v) is 9.85. The lowest BCUT2D eigenvalue weighted by Gasteiger charge is -2.27. The highest BCUT2D eigenvalue weighted by Gasteiger charge is 2.37. The molecule has 1 aliphatic heterocycles. The molecule has 0 radical (unpaired) electrons. The van der Waals surface area contributed by atoms with Crippen LogP contribution in [0.4, 0.5) is 8.78 Å². The maximum Gasteiger partial charge on any atom is 0.238 e. The number of rotatable bonds is 5. The number of sulfone groups is 1. The molecule has 0 unspecified atom stereocenters. The molecule has 1 aromatic rings. The average Bonchev–Trinajstić information content (AvgIpc) is 2.89. The minimum atomic E-state index is -3.56. The van der Waals surface area contributed by atoms with Crippen LogP contribution in [0.25, 0.3) is 0 Å². The van der Waals surface area contributed by atoms with Crippen molar-refractivity contribution >= 4 is 15.7 Å². The SMILES string of the molecule is CC(C)S(=O)(=O)[C@H](C)C(=O)N[C@H]1CCN(C)[C@@H]1c1ccc(F)c(F)c1. The Morgan fingerprint density at radius 1 is 1.24 bits per heavy atom. The molecule has 25 heavy (non-hydrogen) atoms. The number of halogens is 2. The molecule has 0 saturated carbocycles. The Labute approximate surface area is 147 Å². The lowest BCUT2D eigenvalue weighted by Crippen LogP contribution is -2.46. The van der Waals surface area contributed by atoms with E-state index < -0.39 is 37.9 Å². The molecule has 0 spiro atoms. The van der Waals surface area contributed by atoms with Crippen LogP contribution >= 0.6 is 0 Å². The standard InChI is InChI=1S/C17H24F2N2O3S/c1-10(2)25(23,24)11(3)17(22)20-15-7-8-21(4)16(15)12-5-6-13(18)14(19)9-12/h5-6,9-11,15-16H,7-8H2,1-4H3,(H,20,22)/t11-,15+,16-/m1/s1. The van der Waals surface area contributed by atoms with Crippen LogP contribution in [0.5, 0.6) is 0 Å². The van der Waals surface area contributed by atoms with Gasteiger partial charge in [-0.2, -0.15) is 0 Å². The van der Waals surface area contributed by atoms with E-state index in [1.807, 2.05) is 11.9 Å². The Morgan fingerprint density at radius 3 is 2.44 bits per heavy atom. The molecular formula is C17H24F2N2O3S. The first kappa shape index (κ1) is 19.8. The first-order valence-electron chi connectivity index (χ1n) is 8.24. The molecule has 140 valence electrons. The predicted octanol–water partition coefficient (Wildman–Crippen LogP) is 2.04. The van der Waals surface area contributed by atoms with Crippen molar-refractivity contribution in [1.82, 2.24) is 10.2 Å². The van der Waals surface area contributed by atoms with Crippen molar-refractivity contribution in [2.45, 2.75) is 49.8 Å². The Balaban J connectivity index is 2.20. The van der Waals surface area contributed by atoms with E-state index >= 15 is 0 Å². The van der Waals surface area contributed by atoms with E-state index in [0.717, 1.165) is 12.1 Å². The van der Waals surface area contributed by atoms with Crippen molar-refractivity contribution in [2.75, 3.05) is 13.6 Å². The van der Waals surface area contributed by atoms with Crippen molar-refractivity contribution in [1.29, 1.82) is 0 Å². The molecule has 1 N–H and O–H groups in total. The Hall–Kier alpha value is -1.54. The second-order valence-corrected chi connectivity index (χ2v) is 9.61. The molecule has 0 aliphatic carbocycles. The Morgan fingerprint density at radius 2 is 1.88 bits per heavy atom. The van der Waals surface area contributed by atoms with Gasteiger partial charge in [0.25, 0.3) is 0 Å². The van der Waals surface area contributed by atoms with E-state index in [4.69, 9.17) is 0 Å². The molecule has 2 rings (SSSR count). The van der Waals surface area contributed by atoms with Gasteiger partial charge >= 0.3 is 0 Å². The largest absolute Gasteiger partial charge is 0.350 e. The zero-order chi connectivity index (χ0) is 18.9. The van der Waals surface area contributed by atoms with Crippen molar-refractivity contribution < 1.29 is 22.0 Å². The predicted molar refractivity (Wildman–Crippen MR) is 91.8 cm³/mol. The molecule has 1 amide bonds. The fraction of sp³-hybridized carbons (Fsp3) is 0.588. The number of nitrogens with one attached hydrogen (secondary N) is 1. The number of carbonyl (C=O) groups is 1. The summed E-state index contributed by atoms with van der Waals surface area (Å²) in [6, 6.07) is 2.95. The zero-order valence-electron chi connectivity index (χ0n) is 14.8. The Bertz CT molecular complexity index is 752. The molecule has 0 bridgehead atoms. The number of likely N-dealkylation sites (N-methyl/N-ethyl adjacent to an activating group) is 1. The summed E-state index contributed by atoms with van der Waals surface area (Å²) in [5.74, 6) is -2.44. The number of benzene rings is 1. The monoisotopic (exact) mass is 374 g/mol. The van der Waals surface area contributed by atoms with Gasteiger partial charge in [0.2, 0.25) is 5.91 Å². The van der Waals surface area contributed by atoms with E-state index in [0.29, 0.717) is 18.5 Å². The minimum absolute atomic E-state index is 0.340. The topological polar surface area (TPSA) is 66.5 Å². The van der Waals surface area contributed by atoms with Crippen LogP contribution in [0.1, 0.15) is 38.8 Å². The maximum absolute atomic E-state index is 13.6. The molecule has 1 aliphatic rings. The number of hydrogen-bond donors (Lipinski definition) is 1. The highest BCUT2D eigenvalue weighted by molar-refractivity contribution is 7.93. The lowest BCUT2D eigenvalue weighted by atomic mass is 10.00. The van der Waals surface area contributed by atoms with E-state index in [-0.39, 0.29) is 12.1 Å². The van der Waals surface area contributed by atoms with Gasteiger partial charge in [0.15, 0.2) is 21.5 Å². The van der Waals surface area contributed by atoms with Gasteiger partial charge in [-0.1, -0.05) is 6.07 Å². The summed E-state index contributed by atoms with van der Waals surface area (Å²) in [4.78, 5) is 14.3. The van der Waals surface area contributed by atoms with Crippen LogP contribution in [-0.4, -0.2) is 49.4 Å². The fourth-order valence-corrected chi connectivity index (χ4v) is 4.32. The Kier molecular flexibility index (Phi) is 5.83. The summed E-state index contributed by atoms with van der Waals surface area (Å²) >= 11 is 0. The number of amides is 1. The third-order valence-corrected chi connectivity index (χ3v) is 7.29. The quantitative estimate of drug-likeness (QED) is 0.857. The van der Waals surface area contributed by atoms with Gasteiger partial charge in [0, 0.05) is 12.6 Å². The fourth-order valence-electron chi connectivity index (χ4n) is 3.14. The van der Waals surface area contributed by atoms with Crippen molar-refractivity contribution in [3.8, 4) is 0 Å². The van der Waals surface area contributed by atoms with Gasteiger partial charge in [0.1, 0.15) is 5.25 Å². The van der Waals surface area contributed by atoms with Gasteiger partial charge < -0.3 is 5.32 Å². The number of carbonyl (C=O) groups excluding carboxylic acids is 1. The van der Waals surface area contributed by atoms with E-state index in [1.54, 1.807) is 0 Å². The second kappa shape index (κ2) is 7.37. The van der Waals surface area contributed by atoms with Gasteiger partial charge in [0.05, 0.1) is 11.3 Å². The van der Waals surface area contributed by atoms with Gasteiger partial charge in [-0.25, -0.2) is 17.2 Å². The average molecular weight is 374 g/mol. The highest BCUT2D eigenvalue weighted by Crippen LogP contribution is 2.32. The second-order valence-electron chi connectivity index (χ2n) is 6.78. The van der Waals surface area contributed by atoms with Crippen LogP contribution in [0, 0.1) is 11.6 Å². The number of hydrogen-bond acceptors (Lipinski definition) is 4. The molecular weight excluding hydrogens is 350 g/mol. The molecule has 0 aromatic heterocycles. The summed E-state index contributed by atoms with van der Waals surface area (Å²) in [6.45, 7) is 5.09. The van der Waals surface area contributed by atoms with E-state index in [2.05, 4.69) is 5.32 Å². The normalized spacial score (nSPS) is 23.0. The molecule has 3 atom stereocenters. The highest BCUT2D eigenvalue weighted by atomic mass is 32.2. The molecule has 5 nitrogen and oxygen atoms in total. The van der Waals surface area contributed by atoms with Crippen LogP contribution in [0.3, 0.4) is 0 Å². The van der Waals surface area contributed by atoms with Crippen LogP contribution in [0.2, 0.25) is 0 Å². The van der Waals surface area contributed by atoms with E-state index in [9.17, 15) is 22.0 Å². The summed E-state index contributed by atoms with van der Waals surface area (Å²) in [5.41, 5.74) is 0.545. The summed E-state index contributed by atoms with van der Waals surface area (Å²) in [7, 11) is -1.74. The van der Waals surface area contributed by atoms with Gasteiger partial charge in [-0.05, 0) is 51.9 Å². The summed E-state index contributed by atoms with van der Waals surface area (Å²) in [6.07, 6.45) is 0.598. The van der Waals surface area contributed by atoms with Gasteiger partial charge in [-0.15, -0.1) is 0 Å². The molecule has 1 heterocycles. The maximum atomic E-state index is 13.6. The molecule has 1 saturated heterocycles. The molecule has 1 fully saturated rings. The first-order chi connectivity index (χ1) is 11.6. The van der Waals surface area contributed by atoms with Crippen LogP contribution in [0.15, 0.2) is 18.2 Å². The smallest absolute Gasteiger partial charge is 0.238 e. The van der Waals surface area contributed by atoms with Gasteiger partial charge in [-0.3, -0.25) is 9.69 Å². The van der Waals surface area contributed by atoms with Crippen LogP contribution in [-0.2, 0) is 14.6 Å². The van der Waals surface area contributed by atoms with Crippen molar-refractivity contribution in [3.63, 3.8) is 0 Å². The van der Waals surface area contributed by atoms with E-state index in [1.165, 1.54) is 26.8 Å². The van der Waals surface area contributed by atoms with Crippen molar-refractivity contribution in [3.05, 3.63) is 35.4 Å².